The first-order chi connectivity index (χ1) is 14.0. The first-order valence-corrected chi connectivity index (χ1v) is 9.66. The summed E-state index contributed by atoms with van der Waals surface area (Å²) in [5.74, 6) is 0.473. The minimum atomic E-state index is -0.593. The number of methoxy groups -OCH3 is 1. The summed E-state index contributed by atoms with van der Waals surface area (Å²) in [4.78, 5) is 32.2. The summed E-state index contributed by atoms with van der Waals surface area (Å²) in [5, 5.41) is 5.63. The normalized spacial score (nSPS) is 19.3. The minimum Gasteiger partial charge on any atom is -0.447 e. The van der Waals surface area contributed by atoms with Crippen LogP contribution in [0.2, 0.25) is 0 Å². The first kappa shape index (κ1) is 20.8. The largest absolute Gasteiger partial charge is 0.447 e. The molecule has 5 N–H and O–H groups in total. The number of fused-ring (bicyclic) bond motifs is 4. The summed E-state index contributed by atoms with van der Waals surface area (Å²) < 4.78 is 9.88. The molecule has 2 aromatic rings. The van der Waals surface area contributed by atoms with Crippen molar-refractivity contribution < 1.29 is 19.1 Å². The van der Waals surface area contributed by atoms with Crippen LogP contribution in [0.3, 0.4) is 0 Å². The fourth-order valence-corrected chi connectivity index (χ4v) is 3.16. The number of nitrogens with two attached hydrogens (primary N) is 1. The fourth-order valence-electron chi connectivity index (χ4n) is 3.16. The molecule has 1 aromatic heterocycles. The number of carbonyl (C=O) groups excluding carboxylic acids is 2. The molecule has 0 saturated carbocycles. The third kappa shape index (κ3) is 5.33. The average Bonchev–Trinajstić information content (AvgIpc) is 3.17. The summed E-state index contributed by atoms with van der Waals surface area (Å²) >= 11 is 0. The van der Waals surface area contributed by atoms with Crippen LogP contribution in [-0.4, -0.2) is 42.3 Å². The number of H-pyrrole nitrogens is 1. The van der Waals surface area contributed by atoms with Gasteiger partial charge in [-0.1, -0.05) is 13.3 Å². The molecule has 0 spiro atoms. The predicted molar refractivity (Wildman–Crippen MR) is 109 cm³/mol. The molecule has 1 aliphatic heterocycles. The van der Waals surface area contributed by atoms with Gasteiger partial charge in [0, 0.05) is 24.3 Å². The Labute approximate surface area is 169 Å². The van der Waals surface area contributed by atoms with E-state index in [1.165, 1.54) is 7.11 Å². The molecule has 2 bridgehead atoms. The van der Waals surface area contributed by atoms with Crippen molar-refractivity contribution in [2.45, 2.75) is 32.2 Å². The second kappa shape index (κ2) is 9.53. The van der Waals surface area contributed by atoms with Crippen molar-refractivity contribution in [2.24, 2.45) is 11.7 Å². The Kier molecular flexibility index (Phi) is 6.84. The highest BCUT2D eigenvalue weighted by molar-refractivity contribution is 5.98. The number of hydrogen-bond donors (Lipinski definition) is 4. The summed E-state index contributed by atoms with van der Waals surface area (Å²) in [7, 11) is 1.53. The van der Waals surface area contributed by atoms with E-state index in [-0.39, 0.29) is 24.5 Å². The molecule has 3 rings (SSSR count). The Balaban J connectivity index is 1.89. The van der Waals surface area contributed by atoms with E-state index in [2.05, 4.69) is 20.6 Å². The Bertz CT molecular complexity index is 866. The van der Waals surface area contributed by atoms with Crippen LogP contribution >= 0.6 is 0 Å². The van der Waals surface area contributed by atoms with Crippen LogP contribution in [0.4, 0.5) is 16.2 Å². The Morgan fingerprint density at radius 2 is 2.17 bits per heavy atom. The van der Waals surface area contributed by atoms with E-state index >= 15 is 0 Å². The molecule has 2 amide bonds. The number of aromatic amines is 1. The molecule has 1 aromatic carbocycles. The number of nitrogens with one attached hydrogen (secondary N) is 3. The first-order valence-electron chi connectivity index (χ1n) is 9.66. The molecule has 0 fully saturated rings. The number of amides is 2. The van der Waals surface area contributed by atoms with Gasteiger partial charge in [0.15, 0.2) is 0 Å². The zero-order valence-electron chi connectivity index (χ0n) is 16.7. The van der Waals surface area contributed by atoms with Gasteiger partial charge in [0.1, 0.15) is 12.4 Å². The number of imidazole rings is 1. The van der Waals surface area contributed by atoms with Gasteiger partial charge in [-0.2, -0.15) is 0 Å². The smallest absolute Gasteiger partial charge is 0.411 e. The van der Waals surface area contributed by atoms with Gasteiger partial charge in [0.05, 0.1) is 30.2 Å². The fraction of sp³-hybridized carbons (Fsp3) is 0.450. The number of carbonyl (C=O) groups is 2. The highest BCUT2D eigenvalue weighted by Gasteiger charge is 2.20. The van der Waals surface area contributed by atoms with E-state index in [0.29, 0.717) is 18.0 Å². The maximum absolute atomic E-state index is 12.7. The predicted octanol–water partition coefficient (Wildman–Crippen LogP) is 3.03. The number of anilines is 2. The third-order valence-corrected chi connectivity index (χ3v) is 4.88. The van der Waals surface area contributed by atoms with E-state index in [1.807, 2.05) is 6.92 Å². The molecule has 0 aliphatic carbocycles. The number of rotatable bonds is 4. The molecule has 0 saturated heterocycles. The van der Waals surface area contributed by atoms with Crippen molar-refractivity contribution in [3.8, 4) is 11.3 Å². The van der Waals surface area contributed by atoms with Crippen molar-refractivity contribution >= 4 is 23.4 Å². The SMILES string of the molecule is COCCOC(=O)Nc1ccc2c(c1)NC(=O)[C@H](C)CCC[C@H](N)c1ncc-2[nH]1. The summed E-state index contributed by atoms with van der Waals surface area (Å²) in [6, 6.07) is 5.03. The molecule has 156 valence electrons. The second-order valence-electron chi connectivity index (χ2n) is 7.12. The van der Waals surface area contributed by atoms with Crippen LogP contribution in [0.25, 0.3) is 11.3 Å². The number of benzene rings is 1. The van der Waals surface area contributed by atoms with Gasteiger partial charge in [0.2, 0.25) is 5.91 Å². The van der Waals surface area contributed by atoms with Gasteiger partial charge in [-0.05, 0) is 31.0 Å². The van der Waals surface area contributed by atoms with Crippen LogP contribution < -0.4 is 16.4 Å². The molecule has 9 nitrogen and oxygen atoms in total. The van der Waals surface area contributed by atoms with E-state index in [1.54, 1.807) is 24.4 Å². The molecule has 0 unspecified atom stereocenters. The van der Waals surface area contributed by atoms with Gasteiger partial charge < -0.3 is 25.5 Å². The second-order valence-corrected chi connectivity index (χ2v) is 7.12. The van der Waals surface area contributed by atoms with Gasteiger partial charge in [0.25, 0.3) is 0 Å². The van der Waals surface area contributed by atoms with Crippen molar-refractivity contribution in [1.29, 1.82) is 0 Å². The lowest BCUT2D eigenvalue weighted by Crippen LogP contribution is -2.22. The highest BCUT2D eigenvalue weighted by Crippen LogP contribution is 2.32. The molecular formula is C20H27N5O4. The van der Waals surface area contributed by atoms with Crippen molar-refractivity contribution in [3.05, 3.63) is 30.2 Å². The van der Waals surface area contributed by atoms with Crippen LogP contribution in [0.1, 0.15) is 38.1 Å². The zero-order chi connectivity index (χ0) is 20.8. The van der Waals surface area contributed by atoms with E-state index in [4.69, 9.17) is 15.2 Å². The van der Waals surface area contributed by atoms with Crippen molar-refractivity contribution in [2.75, 3.05) is 31.0 Å². The summed E-state index contributed by atoms with van der Waals surface area (Å²) in [6.45, 7) is 2.36. The number of ether oxygens (including phenoxy) is 2. The maximum atomic E-state index is 12.7. The molecule has 9 heteroatoms. The van der Waals surface area contributed by atoms with Crippen LogP contribution in [0.5, 0.6) is 0 Å². The lowest BCUT2D eigenvalue weighted by molar-refractivity contribution is -0.119. The topological polar surface area (TPSA) is 131 Å². The van der Waals surface area contributed by atoms with Crippen molar-refractivity contribution in [1.82, 2.24) is 9.97 Å². The number of nitrogens with zero attached hydrogens (tertiary/aromatic N) is 1. The Morgan fingerprint density at radius 1 is 1.34 bits per heavy atom. The van der Waals surface area contributed by atoms with E-state index in [9.17, 15) is 9.59 Å². The summed E-state index contributed by atoms with van der Waals surface area (Å²) in [5.41, 5.74) is 8.80. The van der Waals surface area contributed by atoms with E-state index in [0.717, 1.165) is 36.3 Å². The van der Waals surface area contributed by atoms with Crippen LogP contribution in [-0.2, 0) is 14.3 Å². The van der Waals surface area contributed by atoms with E-state index < -0.39 is 6.09 Å². The van der Waals surface area contributed by atoms with Crippen LogP contribution in [0.15, 0.2) is 24.4 Å². The number of aromatic nitrogens is 2. The molecule has 2 heterocycles. The average molecular weight is 401 g/mol. The highest BCUT2D eigenvalue weighted by atomic mass is 16.6. The molecule has 1 aliphatic rings. The van der Waals surface area contributed by atoms with Gasteiger partial charge in [-0.3, -0.25) is 10.1 Å². The van der Waals surface area contributed by atoms with Gasteiger partial charge in [-0.15, -0.1) is 0 Å². The molecule has 29 heavy (non-hydrogen) atoms. The third-order valence-electron chi connectivity index (χ3n) is 4.88. The summed E-state index contributed by atoms with van der Waals surface area (Å²) in [6.07, 6.45) is 3.42. The van der Waals surface area contributed by atoms with Gasteiger partial charge in [-0.25, -0.2) is 9.78 Å². The minimum absolute atomic E-state index is 0.0834. The van der Waals surface area contributed by atoms with Gasteiger partial charge >= 0.3 is 6.09 Å². The molecule has 2 atom stereocenters. The number of hydrogen-bond acceptors (Lipinski definition) is 6. The Morgan fingerprint density at radius 3 is 2.97 bits per heavy atom. The molecular weight excluding hydrogens is 374 g/mol. The standard InChI is InChI=1S/C20H27N5O4/c1-12-4-3-5-15(21)18-22-11-17(24-18)14-7-6-13(10-16(14)25-19(12)26)23-20(27)29-9-8-28-2/h6-7,10-12,15H,3-5,8-9,21H2,1-2H3,(H,22,24)(H,23,27)(H,25,26)/t12-,15+/m1/s1. The lowest BCUT2D eigenvalue weighted by atomic mass is 9.99. The maximum Gasteiger partial charge on any atom is 0.411 e. The lowest BCUT2D eigenvalue weighted by Gasteiger charge is -2.17. The quantitative estimate of drug-likeness (QED) is 0.582. The molecule has 0 radical (unpaired) electrons. The van der Waals surface area contributed by atoms with Crippen LogP contribution in [0, 0.1) is 5.92 Å². The zero-order valence-corrected chi connectivity index (χ0v) is 16.7. The Hall–Kier alpha value is -2.91. The van der Waals surface area contributed by atoms with Crippen molar-refractivity contribution in [3.63, 3.8) is 0 Å². The monoisotopic (exact) mass is 401 g/mol.